The number of benzene rings is 1. The molecule has 0 aliphatic carbocycles. The van der Waals surface area contributed by atoms with E-state index in [4.69, 9.17) is 15.2 Å². The van der Waals surface area contributed by atoms with Crippen LogP contribution in [-0.4, -0.2) is 63.5 Å². The summed E-state index contributed by atoms with van der Waals surface area (Å²) in [6.07, 6.45) is -0.618. The Morgan fingerprint density at radius 1 is 1.30 bits per heavy atom. The van der Waals surface area contributed by atoms with E-state index in [1.807, 2.05) is 39.0 Å². The molecule has 30 heavy (non-hydrogen) atoms. The number of amides is 2. The van der Waals surface area contributed by atoms with Gasteiger partial charge in [0.05, 0.1) is 36.7 Å². The van der Waals surface area contributed by atoms with E-state index in [9.17, 15) is 9.59 Å². The number of hydrogen-bond acceptors (Lipinski definition) is 6. The Morgan fingerprint density at radius 3 is 2.60 bits per heavy atom. The summed E-state index contributed by atoms with van der Waals surface area (Å²) in [7, 11) is 0. The molecule has 0 bridgehead atoms. The van der Waals surface area contributed by atoms with Gasteiger partial charge in [0, 0.05) is 44.9 Å². The Labute approximate surface area is 178 Å². The molecule has 1 aromatic rings. The molecule has 0 aromatic heterocycles. The number of fused-ring (bicyclic) bond motifs is 1. The van der Waals surface area contributed by atoms with Crippen molar-refractivity contribution in [3.8, 4) is 0 Å². The zero-order valence-corrected chi connectivity index (χ0v) is 18.4. The minimum atomic E-state index is -0.397. The molecule has 2 atom stereocenters. The fraction of sp³-hybridized carbons (Fsp3) is 0.636. The van der Waals surface area contributed by atoms with Gasteiger partial charge in [0.1, 0.15) is 0 Å². The van der Waals surface area contributed by atoms with Crippen molar-refractivity contribution in [2.24, 2.45) is 11.7 Å². The number of carbonyl (C=O) groups is 2. The minimum absolute atomic E-state index is 0.0480. The summed E-state index contributed by atoms with van der Waals surface area (Å²) in [6, 6.07) is 5.76. The molecule has 1 unspecified atom stereocenters. The van der Waals surface area contributed by atoms with E-state index in [0.717, 1.165) is 37.6 Å². The zero-order chi connectivity index (χ0) is 21.8. The van der Waals surface area contributed by atoms with Gasteiger partial charge in [-0.25, -0.2) is 4.79 Å². The lowest BCUT2D eigenvalue weighted by molar-refractivity contribution is -0.117. The first kappa shape index (κ1) is 22.5. The summed E-state index contributed by atoms with van der Waals surface area (Å²) >= 11 is 0. The average molecular weight is 419 g/mol. The summed E-state index contributed by atoms with van der Waals surface area (Å²) in [4.78, 5) is 28.4. The molecule has 1 fully saturated rings. The van der Waals surface area contributed by atoms with E-state index in [-0.39, 0.29) is 24.0 Å². The molecule has 166 valence electrons. The van der Waals surface area contributed by atoms with Crippen LogP contribution in [0.4, 0.5) is 16.2 Å². The van der Waals surface area contributed by atoms with Crippen LogP contribution >= 0.6 is 0 Å². The van der Waals surface area contributed by atoms with Crippen molar-refractivity contribution >= 4 is 23.4 Å². The predicted molar refractivity (Wildman–Crippen MR) is 117 cm³/mol. The normalized spacial score (nSPS) is 20.0. The van der Waals surface area contributed by atoms with Gasteiger partial charge in [-0.1, -0.05) is 6.07 Å². The smallest absolute Gasteiger partial charge is 0.414 e. The van der Waals surface area contributed by atoms with Gasteiger partial charge < -0.3 is 25.4 Å². The maximum absolute atomic E-state index is 12.8. The largest absolute Gasteiger partial charge is 0.446 e. The average Bonchev–Trinajstić information content (AvgIpc) is 2.64. The number of rotatable bonds is 7. The summed E-state index contributed by atoms with van der Waals surface area (Å²) in [5.41, 5.74) is 8.52. The Kier molecular flexibility index (Phi) is 7.33. The summed E-state index contributed by atoms with van der Waals surface area (Å²) in [5, 5.41) is 3.48. The minimum Gasteiger partial charge on any atom is -0.446 e. The molecule has 3 N–H and O–H groups in total. The third-order valence-electron chi connectivity index (χ3n) is 5.62. The van der Waals surface area contributed by atoms with Gasteiger partial charge >= 0.3 is 6.09 Å². The molecule has 1 saturated heterocycles. The third-order valence-corrected chi connectivity index (χ3v) is 5.62. The molecule has 2 amide bonds. The second kappa shape index (κ2) is 9.76. The van der Waals surface area contributed by atoms with Crippen LogP contribution < -0.4 is 20.9 Å². The van der Waals surface area contributed by atoms with Gasteiger partial charge in [-0.15, -0.1) is 0 Å². The summed E-state index contributed by atoms with van der Waals surface area (Å²) in [5.74, 6) is 0.622. The van der Waals surface area contributed by atoms with Gasteiger partial charge in [0.2, 0.25) is 5.91 Å². The van der Waals surface area contributed by atoms with Crippen LogP contribution in [0.1, 0.15) is 39.2 Å². The van der Waals surface area contributed by atoms with Crippen molar-refractivity contribution in [3.05, 3.63) is 23.8 Å². The van der Waals surface area contributed by atoms with E-state index >= 15 is 0 Å². The van der Waals surface area contributed by atoms with Crippen LogP contribution in [0.2, 0.25) is 0 Å². The number of nitrogens with two attached hydrogens (primary N) is 1. The first-order valence-corrected chi connectivity index (χ1v) is 10.7. The number of nitrogens with zero attached hydrogens (tertiary/aromatic N) is 2. The number of ether oxygens (including phenoxy) is 2. The molecule has 0 radical (unpaired) electrons. The monoisotopic (exact) mass is 418 g/mol. The van der Waals surface area contributed by atoms with Crippen LogP contribution in [0.3, 0.4) is 0 Å². The fourth-order valence-electron chi connectivity index (χ4n) is 4.02. The van der Waals surface area contributed by atoms with Gasteiger partial charge in [-0.3, -0.25) is 9.69 Å². The molecule has 0 saturated carbocycles. The van der Waals surface area contributed by atoms with Gasteiger partial charge in [0.25, 0.3) is 0 Å². The fourth-order valence-corrected chi connectivity index (χ4v) is 4.02. The first-order chi connectivity index (χ1) is 14.3. The Morgan fingerprint density at radius 2 is 2.03 bits per heavy atom. The van der Waals surface area contributed by atoms with E-state index in [0.29, 0.717) is 24.7 Å². The Bertz CT molecular complexity index is 766. The second-order valence-corrected chi connectivity index (χ2v) is 8.52. The van der Waals surface area contributed by atoms with Crippen LogP contribution in [-0.2, 0) is 14.3 Å². The van der Waals surface area contributed by atoms with Gasteiger partial charge in [-0.05, 0) is 38.5 Å². The lowest BCUT2D eigenvalue weighted by Crippen LogP contribution is -2.51. The van der Waals surface area contributed by atoms with Crippen molar-refractivity contribution in [3.63, 3.8) is 0 Å². The first-order valence-electron chi connectivity index (χ1n) is 10.7. The van der Waals surface area contributed by atoms with E-state index < -0.39 is 6.09 Å². The third kappa shape index (κ3) is 4.94. The molecule has 8 nitrogen and oxygen atoms in total. The molecule has 8 heteroatoms. The van der Waals surface area contributed by atoms with E-state index in [1.54, 1.807) is 16.7 Å². The highest BCUT2D eigenvalue weighted by Gasteiger charge is 2.35. The molecule has 2 aliphatic heterocycles. The Balaban J connectivity index is 1.86. The number of anilines is 2. The zero-order valence-electron chi connectivity index (χ0n) is 18.4. The highest BCUT2D eigenvalue weighted by atomic mass is 16.6. The molecule has 2 aliphatic rings. The highest BCUT2D eigenvalue weighted by Crippen LogP contribution is 2.38. The van der Waals surface area contributed by atoms with E-state index in [2.05, 4.69) is 5.32 Å². The number of carbonyl (C=O) groups excluding carboxylic acids is 2. The Hall–Kier alpha value is -2.16. The number of nitrogens with one attached hydrogen (secondary N) is 1. The molecule has 1 aromatic carbocycles. The van der Waals surface area contributed by atoms with Gasteiger partial charge in [0.15, 0.2) is 0 Å². The number of hydrogen-bond donors (Lipinski definition) is 2. The van der Waals surface area contributed by atoms with Crippen LogP contribution in [0.25, 0.3) is 0 Å². The molecular formula is C22H34N4O4. The van der Waals surface area contributed by atoms with Crippen LogP contribution in [0.5, 0.6) is 0 Å². The van der Waals surface area contributed by atoms with Crippen molar-refractivity contribution in [1.29, 1.82) is 0 Å². The standard InChI is InChI=1S/C22H34N4O4/c1-14(2)30-22(28)25-11-15(3)26(16(4)27)20-6-5-18(7-21(20)25)19(8-23)10-24-9-17-12-29-13-17/h5-7,14-15,17,19,24H,8-13,23H2,1-4H3/t15-,19?/m0/s1. The van der Waals surface area contributed by atoms with Crippen molar-refractivity contribution in [2.45, 2.75) is 45.8 Å². The van der Waals surface area contributed by atoms with Crippen molar-refractivity contribution < 1.29 is 19.1 Å². The van der Waals surface area contributed by atoms with Crippen LogP contribution in [0.15, 0.2) is 18.2 Å². The van der Waals surface area contributed by atoms with Crippen LogP contribution in [0, 0.1) is 5.92 Å². The van der Waals surface area contributed by atoms with Crippen molar-refractivity contribution in [1.82, 2.24) is 5.32 Å². The topological polar surface area (TPSA) is 97.1 Å². The maximum Gasteiger partial charge on any atom is 0.414 e. The van der Waals surface area contributed by atoms with Gasteiger partial charge in [-0.2, -0.15) is 0 Å². The maximum atomic E-state index is 12.8. The summed E-state index contributed by atoms with van der Waals surface area (Å²) in [6.45, 7) is 11.3. The predicted octanol–water partition coefficient (Wildman–Crippen LogP) is 2.07. The second-order valence-electron chi connectivity index (χ2n) is 8.52. The van der Waals surface area contributed by atoms with E-state index in [1.165, 1.54) is 0 Å². The quantitative estimate of drug-likeness (QED) is 0.704. The highest BCUT2D eigenvalue weighted by molar-refractivity contribution is 6.02. The molecule has 3 rings (SSSR count). The SMILES string of the molecule is CC(=O)N1c2ccc(C(CN)CNCC3COC3)cc2N(C(=O)OC(C)C)C[C@@H]1C. The molecule has 0 spiro atoms. The lowest BCUT2D eigenvalue weighted by Gasteiger charge is -2.40. The lowest BCUT2D eigenvalue weighted by atomic mass is 9.95. The molecule has 2 heterocycles. The molecular weight excluding hydrogens is 384 g/mol. The summed E-state index contributed by atoms with van der Waals surface area (Å²) < 4.78 is 10.7. The van der Waals surface area contributed by atoms with Crippen molar-refractivity contribution in [2.75, 3.05) is 49.2 Å².